The lowest BCUT2D eigenvalue weighted by Crippen LogP contribution is -2.61. The number of hydrogen-bond acceptors (Lipinski definition) is 10. The summed E-state index contributed by atoms with van der Waals surface area (Å²) in [5, 5.41) is 68.9. The molecule has 0 amide bonds. The van der Waals surface area contributed by atoms with Gasteiger partial charge in [-0.1, -0.05) is 26.7 Å². The fraction of sp³-hybridized carbons (Fsp3) is 0.636. The summed E-state index contributed by atoms with van der Waals surface area (Å²) in [5.41, 5.74) is -0.277. The maximum Gasteiger partial charge on any atom is 0.338 e. The number of aliphatic hydroxyl groups excluding tert-OH is 3. The van der Waals surface area contributed by atoms with Crippen molar-refractivity contribution in [2.75, 3.05) is 6.61 Å². The molecule has 1 saturated heterocycles. The standard InChI is InChI=1S/C22H32O11/c1-3-4-5-12(10(2)6-16(25)26)21-20(30)19(29)18(28)15(33-21)9-32-22(31)11-7-13(23)17(27)14(24)8-11/h7-8,10,12,15,18-21,23-24,27-30H,3-6,9H2,1-2H3,(H,25,26)/t10-,12-,15+,18+,19-,20+,21-/m0/s1. The van der Waals surface area contributed by atoms with Crippen LogP contribution in [0, 0.1) is 11.8 Å². The minimum absolute atomic E-state index is 0.174. The molecule has 1 heterocycles. The van der Waals surface area contributed by atoms with Gasteiger partial charge in [-0.15, -0.1) is 0 Å². The highest BCUT2D eigenvalue weighted by molar-refractivity contribution is 5.91. The molecule has 0 bridgehead atoms. The number of benzene rings is 1. The topological polar surface area (TPSA) is 194 Å². The van der Waals surface area contributed by atoms with Gasteiger partial charge in [-0.2, -0.15) is 0 Å². The highest BCUT2D eigenvalue weighted by Gasteiger charge is 2.47. The van der Waals surface area contributed by atoms with E-state index < -0.39 is 78.1 Å². The number of carbonyl (C=O) groups is 2. The zero-order chi connectivity index (χ0) is 24.9. The third-order valence-electron chi connectivity index (χ3n) is 5.97. The number of aromatic hydroxyl groups is 3. The molecule has 1 aromatic rings. The molecule has 1 aromatic carbocycles. The van der Waals surface area contributed by atoms with Crippen LogP contribution in [0.2, 0.25) is 0 Å². The Kier molecular flexibility index (Phi) is 9.29. The van der Waals surface area contributed by atoms with Crippen molar-refractivity contribution in [3.8, 4) is 17.2 Å². The van der Waals surface area contributed by atoms with Gasteiger partial charge in [0.05, 0.1) is 11.7 Å². The van der Waals surface area contributed by atoms with Crippen molar-refractivity contribution in [1.29, 1.82) is 0 Å². The number of aliphatic hydroxyl groups is 3. The number of ether oxygens (including phenoxy) is 2. The fourth-order valence-corrected chi connectivity index (χ4v) is 4.07. The molecule has 0 saturated carbocycles. The molecular formula is C22H32O11. The summed E-state index contributed by atoms with van der Waals surface area (Å²) >= 11 is 0. The number of carbonyl (C=O) groups excluding carboxylic acids is 1. The number of carboxylic acid groups (broad SMARTS) is 1. The van der Waals surface area contributed by atoms with Crippen LogP contribution in [0.5, 0.6) is 17.2 Å². The van der Waals surface area contributed by atoms with Crippen LogP contribution in [0.25, 0.3) is 0 Å². The van der Waals surface area contributed by atoms with Crippen LogP contribution in [0.15, 0.2) is 12.1 Å². The predicted octanol–water partition coefficient (Wildman–Crippen LogP) is 0.727. The fourth-order valence-electron chi connectivity index (χ4n) is 4.07. The number of esters is 1. The van der Waals surface area contributed by atoms with Gasteiger partial charge in [-0.3, -0.25) is 4.79 Å². The molecule has 0 radical (unpaired) electrons. The van der Waals surface area contributed by atoms with Gasteiger partial charge in [0.2, 0.25) is 0 Å². The number of unbranched alkanes of at least 4 members (excludes halogenated alkanes) is 1. The number of carboxylic acids is 1. The van der Waals surface area contributed by atoms with E-state index >= 15 is 0 Å². The van der Waals surface area contributed by atoms with Crippen molar-refractivity contribution in [3.05, 3.63) is 17.7 Å². The second kappa shape index (κ2) is 11.5. The first kappa shape index (κ1) is 26.7. The summed E-state index contributed by atoms with van der Waals surface area (Å²) < 4.78 is 10.9. The molecule has 0 unspecified atom stereocenters. The Labute approximate surface area is 190 Å². The van der Waals surface area contributed by atoms with Crippen molar-refractivity contribution < 1.29 is 54.8 Å². The third-order valence-corrected chi connectivity index (χ3v) is 5.97. The van der Waals surface area contributed by atoms with Crippen LogP contribution in [-0.2, 0) is 14.3 Å². The largest absolute Gasteiger partial charge is 0.504 e. The first-order valence-corrected chi connectivity index (χ1v) is 10.8. The molecule has 7 N–H and O–H groups in total. The molecule has 2 rings (SSSR count). The van der Waals surface area contributed by atoms with Crippen molar-refractivity contribution in [3.63, 3.8) is 0 Å². The number of hydrogen-bond donors (Lipinski definition) is 7. The van der Waals surface area contributed by atoms with E-state index in [1.165, 1.54) is 0 Å². The highest BCUT2D eigenvalue weighted by atomic mass is 16.6. The van der Waals surface area contributed by atoms with Crippen molar-refractivity contribution in [2.24, 2.45) is 11.8 Å². The minimum atomic E-state index is -1.62. The average Bonchev–Trinajstić information content (AvgIpc) is 2.75. The maximum atomic E-state index is 12.3. The molecular weight excluding hydrogens is 440 g/mol. The van der Waals surface area contributed by atoms with Gasteiger partial charge in [-0.05, 0) is 30.4 Å². The van der Waals surface area contributed by atoms with Gasteiger partial charge in [0, 0.05) is 6.42 Å². The van der Waals surface area contributed by atoms with Gasteiger partial charge in [0.15, 0.2) is 17.2 Å². The van der Waals surface area contributed by atoms with Gasteiger partial charge in [0.25, 0.3) is 0 Å². The van der Waals surface area contributed by atoms with Gasteiger partial charge < -0.3 is 45.2 Å². The van der Waals surface area contributed by atoms with Crippen LogP contribution < -0.4 is 0 Å². The highest BCUT2D eigenvalue weighted by Crippen LogP contribution is 2.36. The second-order valence-corrected chi connectivity index (χ2v) is 8.45. The molecule has 33 heavy (non-hydrogen) atoms. The smallest absolute Gasteiger partial charge is 0.338 e. The van der Waals surface area contributed by atoms with E-state index in [0.29, 0.717) is 6.42 Å². The Morgan fingerprint density at radius 3 is 2.21 bits per heavy atom. The van der Waals surface area contributed by atoms with E-state index in [1.807, 2.05) is 6.92 Å². The number of phenolic OH excluding ortho intramolecular Hbond substituents is 3. The first-order valence-electron chi connectivity index (χ1n) is 10.8. The Morgan fingerprint density at radius 1 is 1.06 bits per heavy atom. The molecule has 11 heteroatoms. The summed E-state index contributed by atoms with van der Waals surface area (Å²) in [6.07, 6.45) is -5.02. The zero-order valence-corrected chi connectivity index (χ0v) is 18.5. The van der Waals surface area contributed by atoms with Gasteiger partial charge in [-0.25, -0.2) is 4.79 Å². The van der Waals surface area contributed by atoms with Crippen molar-refractivity contribution >= 4 is 11.9 Å². The Bertz CT molecular complexity index is 804. The van der Waals surface area contributed by atoms with Crippen molar-refractivity contribution in [2.45, 2.75) is 70.1 Å². The van der Waals surface area contributed by atoms with E-state index in [0.717, 1.165) is 25.0 Å². The van der Waals surface area contributed by atoms with Crippen LogP contribution in [-0.4, -0.2) is 84.8 Å². The van der Waals surface area contributed by atoms with E-state index in [9.17, 15) is 45.3 Å². The van der Waals surface area contributed by atoms with E-state index in [-0.39, 0.29) is 12.0 Å². The average molecular weight is 472 g/mol. The second-order valence-electron chi connectivity index (χ2n) is 8.45. The van der Waals surface area contributed by atoms with Gasteiger partial charge in [0.1, 0.15) is 31.0 Å². The Hall–Kier alpha value is -2.60. The van der Waals surface area contributed by atoms with Crippen LogP contribution in [0.4, 0.5) is 0 Å². The Balaban J connectivity index is 2.16. The molecule has 0 aliphatic carbocycles. The molecule has 186 valence electrons. The lowest BCUT2D eigenvalue weighted by molar-refractivity contribution is -0.245. The summed E-state index contributed by atoms with van der Waals surface area (Å²) in [6.45, 7) is 3.13. The summed E-state index contributed by atoms with van der Waals surface area (Å²) in [6, 6.07) is 1.76. The SMILES string of the molecule is CCCC[C@H]([C@@H]1O[C@H](COC(=O)c2cc(O)c(O)c(O)c2)[C@@H](O)[C@H](O)[C@H]1O)[C@@H](C)CC(=O)O. The lowest BCUT2D eigenvalue weighted by atomic mass is 9.77. The van der Waals surface area contributed by atoms with E-state index in [1.54, 1.807) is 6.92 Å². The molecule has 0 aromatic heterocycles. The van der Waals surface area contributed by atoms with E-state index in [2.05, 4.69) is 0 Å². The summed E-state index contributed by atoms with van der Waals surface area (Å²) in [5.74, 6) is -5.13. The van der Waals surface area contributed by atoms with E-state index in [4.69, 9.17) is 9.47 Å². The number of phenols is 3. The van der Waals surface area contributed by atoms with Crippen LogP contribution in [0.1, 0.15) is 49.9 Å². The van der Waals surface area contributed by atoms with Crippen LogP contribution >= 0.6 is 0 Å². The minimum Gasteiger partial charge on any atom is -0.504 e. The molecule has 7 atom stereocenters. The third kappa shape index (κ3) is 6.47. The Morgan fingerprint density at radius 2 is 1.67 bits per heavy atom. The molecule has 1 aliphatic rings. The monoisotopic (exact) mass is 472 g/mol. The normalized spacial score (nSPS) is 27.0. The number of rotatable bonds is 10. The molecule has 11 nitrogen and oxygen atoms in total. The molecule has 1 fully saturated rings. The maximum absolute atomic E-state index is 12.3. The van der Waals surface area contributed by atoms with Crippen molar-refractivity contribution in [1.82, 2.24) is 0 Å². The summed E-state index contributed by atoms with van der Waals surface area (Å²) in [7, 11) is 0. The lowest BCUT2D eigenvalue weighted by Gasteiger charge is -2.45. The molecule has 1 aliphatic heterocycles. The molecule has 0 spiro atoms. The predicted molar refractivity (Wildman–Crippen MR) is 113 cm³/mol. The van der Waals surface area contributed by atoms with Gasteiger partial charge >= 0.3 is 11.9 Å². The first-order chi connectivity index (χ1) is 15.5. The summed E-state index contributed by atoms with van der Waals surface area (Å²) in [4.78, 5) is 23.5. The van der Waals surface area contributed by atoms with Crippen LogP contribution in [0.3, 0.4) is 0 Å². The quantitative estimate of drug-likeness (QED) is 0.187. The zero-order valence-electron chi connectivity index (χ0n) is 18.5. The number of aliphatic carboxylic acids is 1.